The molecule has 4 aromatic rings. The van der Waals surface area contributed by atoms with Gasteiger partial charge in [-0.2, -0.15) is 4.98 Å². The van der Waals surface area contributed by atoms with Gasteiger partial charge in [0, 0.05) is 12.1 Å². The van der Waals surface area contributed by atoms with Gasteiger partial charge in [-0.3, -0.25) is 4.79 Å². The number of aromatic nitrogens is 5. The first-order valence-corrected chi connectivity index (χ1v) is 9.60. The highest BCUT2D eigenvalue weighted by Crippen LogP contribution is 2.25. The molecule has 0 fully saturated rings. The molecule has 0 N–H and O–H groups in total. The van der Waals surface area contributed by atoms with Crippen molar-refractivity contribution in [3.05, 3.63) is 66.4 Å². The molecule has 0 atom stereocenters. The van der Waals surface area contributed by atoms with Crippen molar-refractivity contribution in [3.63, 3.8) is 0 Å². The Morgan fingerprint density at radius 2 is 1.77 bits per heavy atom. The zero-order valence-electron chi connectivity index (χ0n) is 16.0. The molecule has 1 amide bonds. The Bertz CT molecular complexity index is 1160. The molecule has 2 aromatic carbocycles. The van der Waals surface area contributed by atoms with Gasteiger partial charge in [-0.25, -0.2) is 4.68 Å². The van der Waals surface area contributed by atoms with E-state index in [1.807, 2.05) is 60.7 Å². The number of benzene rings is 2. The summed E-state index contributed by atoms with van der Waals surface area (Å²) in [4.78, 5) is 19.2. The Morgan fingerprint density at radius 3 is 2.57 bits per heavy atom. The predicted octanol–water partition coefficient (Wildman–Crippen LogP) is 2.53. The lowest BCUT2D eigenvalue weighted by molar-refractivity contribution is 0.0670. The van der Waals surface area contributed by atoms with Crippen LogP contribution in [0.3, 0.4) is 0 Å². The number of para-hydroxylation sites is 1. The van der Waals surface area contributed by atoms with E-state index in [2.05, 4.69) is 20.5 Å². The maximum absolute atomic E-state index is 13.1. The summed E-state index contributed by atoms with van der Waals surface area (Å²) in [7, 11) is 0. The quantitative estimate of drug-likeness (QED) is 0.489. The highest BCUT2D eigenvalue weighted by molar-refractivity contribution is 5.98. The van der Waals surface area contributed by atoms with Gasteiger partial charge in [-0.1, -0.05) is 58.9 Å². The number of carbonyl (C=O) groups excluding carboxylic acids is 1. The number of hydrogen-bond acceptors (Lipinski definition) is 7. The van der Waals surface area contributed by atoms with Crippen LogP contribution in [0.2, 0.25) is 0 Å². The van der Waals surface area contributed by atoms with Crippen LogP contribution >= 0.6 is 0 Å². The van der Waals surface area contributed by atoms with Crippen molar-refractivity contribution in [3.8, 4) is 28.7 Å². The molecule has 3 heterocycles. The Balaban J connectivity index is 1.33. The molecule has 0 radical (unpaired) electrons. The minimum absolute atomic E-state index is 0.172. The smallest absolute Gasteiger partial charge is 0.281 e. The number of nitrogens with zero attached hydrogens (tertiary/aromatic N) is 6. The van der Waals surface area contributed by atoms with E-state index in [1.54, 1.807) is 9.58 Å². The van der Waals surface area contributed by atoms with E-state index >= 15 is 0 Å². The van der Waals surface area contributed by atoms with Crippen LogP contribution in [0.15, 0.2) is 65.2 Å². The van der Waals surface area contributed by atoms with Crippen molar-refractivity contribution < 1.29 is 14.1 Å². The second-order valence-corrected chi connectivity index (χ2v) is 6.75. The van der Waals surface area contributed by atoms with Gasteiger partial charge < -0.3 is 14.2 Å². The number of amides is 1. The second-order valence-electron chi connectivity index (χ2n) is 6.75. The van der Waals surface area contributed by atoms with Crippen molar-refractivity contribution in [2.45, 2.75) is 6.54 Å². The summed E-state index contributed by atoms with van der Waals surface area (Å²) in [6.45, 7) is 1.92. The Labute approximate surface area is 171 Å². The molecule has 150 valence electrons. The average Bonchev–Trinajstić information content (AvgIpc) is 3.44. The van der Waals surface area contributed by atoms with Crippen LogP contribution in [-0.2, 0) is 6.54 Å². The molecular weight excluding hydrogens is 384 g/mol. The number of carbonyl (C=O) groups is 1. The summed E-state index contributed by atoms with van der Waals surface area (Å²) in [5.41, 5.74) is 1.46. The van der Waals surface area contributed by atoms with Gasteiger partial charge in [0.1, 0.15) is 12.4 Å². The molecule has 2 aromatic heterocycles. The summed E-state index contributed by atoms with van der Waals surface area (Å²) in [5, 5.41) is 12.2. The molecule has 0 saturated heterocycles. The molecule has 1 aliphatic heterocycles. The van der Waals surface area contributed by atoms with Crippen molar-refractivity contribution in [2.75, 3.05) is 19.7 Å². The van der Waals surface area contributed by atoms with Crippen LogP contribution in [-0.4, -0.2) is 55.6 Å². The molecule has 0 bridgehead atoms. The van der Waals surface area contributed by atoms with Gasteiger partial charge in [-0.15, -0.1) is 5.10 Å². The van der Waals surface area contributed by atoms with E-state index in [0.29, 0.717) is 43.5 Å². The summed E-state index contributed by atoms with van der Waals surface area (Å²) >= 11 is 0. The molecule has 1 aliphatic rings. The molecule has 9 heteroatoms. The Kier molecular flexibility index (Phi) is 4.68. The topological polar surface area (TPSA) is 99.2 Å². The molecule has 9 nitrogen and oxygen atoms in total. The SMILES string of the molecule is O=C1c2c(-c3nc(-c4ccccc4)no3)nnn2CCN1CCOc1ccccc1. The van der Waals surface area contributed by atoms with Gasteiger partial charge >= 0.3 is 0 Å². The maximum Gasteiger partial charge on any atom is 0.281 e. The molecular formula is C21H18N6O3. The lowest BCUT2D eigenvalue weighted by Crippen LogP contribution is -2.42. The Morgan fingerprint density at radius 1 is 1.00 bits per heavy atom. The number of ether oxygens (including phenoxy) is 1. The first kappa shape index (κ1) is 18.0. The summed E-state index contributed by atoms with van der Waals surface area (Å²) in [6.07, 6.45) is 0. The third-order valence-electron chi connectivity index (χ3n) is 4.84. The van der Waals surface area contributed by atoms with Crippen LogP contribution in [0, 0.1) is 0 Å². The van der Waals surface area contributed by atoms with Gasteiger partial charge in [0.25, 0.3) is 11.8 Å². The minimum atomic E-state index is -0.183. The standard InChI is InChI=1S/C21H18N6O3/c28-21-18-17(20-22-19(24-30-20)15-7-3-1-4-8-15)23-25-27(18)12-11-26(21)13-14-29-16-9-5-2-6-10-16/h1-10H,11-14H2. The summed E-state index contributed by atoms with van der Waals surface area (Å²) < 4.78 is 12.7. The molecule has 0 unspecified atom stereocenters. The Hall–Kier alpha value is -4.01. The van der Waals surface area contributed by atoms with Crippen molar-refractivity contribution in [1.82, 2.24) is 30.0 Å². The van der Waals surface area contributed by atoms with Crippen molar-refractivity contribution in [1.29, 1.82) is 0 Å². The molecule has 0 aliphatic carbocycles. The third kappa shape index (κ3) is 3.41. The monoisotopic (exact) mass is 402 g/mol. The zero-order valence-corrected chi connectivity index (χ0v) is 16.0. The van der Waals surface area contributed by atoms with Crippen LogP contribution in [0.1, 0.15) is 10.5 Å². The van der Waals surface area contributed by atoms with Crippen LogP contribution in [0.25, 0.3) is 23.0 Å². The highest BCUT2D eigenvalue weighted by atomic mass is 16.5. The van der Waals surface area contributed by atoms with E-state index in [4.69, 9.17) is 9.26 Å². The zero-order chi connectivity index (χ0) is 20.3. The van der Waals surface area contributed by atoms with Gasteiger partial charge in [0.15, 0.2) is 11.4 Å². The van der Waals surface area contributed by atoms with Crippen LogP contribution in [0.4, 0.5) is 0 Å². The fraction of sp³-hybridized carbons (Fsp3) is 0.190. The molecule has 30 heavy (non-hydrogen) atoms. The largest absolute Gasteiger partial charge is 0.492 e. The van der Waals surface area contributed by atoms with E-state index in [9.17, 15) is 4.79 Å². The number of hydrogen-bond donors (Lipinski definition) is 0. The highest BCUT2D eigenvalue weighted by Gasteiger charge is 2.32. The first-order valence-electron chi connectivity index (χ1n) is 9.60. The number of rotatable bonds is 6. The summed E-state index contributed by atoms with van der Waals surface area (Å²) in [6, 6.07) is 19.0. The van der Waals surface area contributed by atoms with E-state index in [0.717, 1.165) is 11.3 Å². The van der Waals surface area contributed by atoms with E-state index in [1.165, 1.54) is 0 Å². The fourth-order valence-corrected chi connectivity index (χ4v) is 3.32. The predicted molar refractivity (Wildman–Crippen MR) is 107 cm³/mol. The lowest BCUT2D eigenvalue weighted by atomic mass is 10.2. The average molecular weight is 402 g/mol. The van der Waals surface area contributed by atoms with Crippen molar-refractivity contribution >= 4 is 5.91 Å². The first-order chi connectivity index (χ1) is 14.8. The fourth-order valence-electron chi connectivity index (χ4n) is 3.32. The second kappa shape index (κ2) is 7.78. The lowest BCUT2D eigenvalue weighted by Gasteiger charge is -2.27. The molecule has 0 spiro atoms. The van der Waals surface area contributed by atoms with E-state index < -0.39 is 0 Å². The number of fused-ring (bicyclic) bond motifs is 1. The third-order valence-corrected chi connectivity index (χ3v) is 4.84. The van der Waals surface area contributed by atoms with Gasteiger partial charge in [0.2, 0.25) is 5.82 Å². The summed E-state index contributed by atoms with van der Waals surface area (Å²) in [5.74, 6) is 1.19. The van der Waals surface area contributed by atoms with Crippen LogP contribution in [0.5, 0.6) is 5.75 Å². The van der Waals surface area contributed by atoms with Gasteiger partial charge in [-0.05, 0) is 12.1 Å². The van der Waals surface area contributed by atoms with Crippen LogP contribution < -0.4 is 4.74 Å². The minimum Gasteiger partial charge on any atom is -0.492 e. The molecule has 0 saturated carbocycles. The maximum atomic E-state index is 13.1. The molecule has 5 rings (SSSR count). The van der Waals surface area contributed by atoms with E-state index in [-0.39, 0.29) is 11.8 Å². The van der Waals surface area contributed by atoms with Crippen molar-refractivity contribution in [2.24, 2.45) is 0 Å². The normalized spacial score (nSPS) is 13.3. The van der Waals surface area contributed by atoms with Gasteiger partial charge in [0.05, 0.1) is 13.1 Å².